The molecule has 3 heteroatoms. The van der Waals surface area contributed by atoms with Gasteiger partial charge in [-0.25, -0.2) is 0 Å². The summed E-state index contributed by atoms with van der Waals surface area (Å²) in [5, 5.41) is 3.38. The van der Waals surface area contributed by atoms with Gasteiger partial charge < -0.3 is 10.1 Å². The van der Waals surface area contributed by atoms with E-state index in [2.05, 4.69) is 22.4 Å². The van der Waals surface area contributed by atoms with Gasteiger partial charge in [0.25, 0.3) is 0 Å². The first-order chi connectivity index (χ1) is 8.17. The maximum Gasteiger partial charge on any atom is 0.0462 e. The lowest BCUT2D eigenvalue weighted by molar-refractivity contribution is 0.191. The molecule has 17 heavy (non-hydrogen) atoms. The standard InChI is InChI=1S/C14H24N2O/c1-11-9-13(10-12(2)16-11)14(15-3)7-5-6-8-17-4/h9-10,14-15H,5-8H2,1-4H3. The molecular formula is C14H24N2O. The van der Waals surface area contributed by atoms with Crippen LogP contribution in [0.15, 0.2) is 12.1 Å². The maximum absolute atomic E-state index is 5.07. The first-order valence-corrected chi connectivity index (χ1v) is 6.28. The van der Waals surface area contributed by atoms with Gasteiger partial charge in [-0.3, -0.25) is 4.98 Å². The van der Waals surface area contributed by atoms with Crippen molar-refractivity contribution in [2.24, 2.45) is 0 Å². The SMILES string of the molecule is CNC(CCCCOC)c1cc(C)nc(C)c1. The van der Waals surface area contributed by atoms with Crippen LogP contribution in [0.1, 0.15) is 42.3 Å². The van der Waals surface area contributed by atoms with Gasteiger partial charge in [-0.2, -0.15) is 0 Å². The Labute approximate surface area is 105 Å². The molecule has 1 heterocycles. The number of ether oxygens (including phenoxy) is 1. The Hall–Kier alpha value is -0.930. The number of hydrogen-bond acceptors (Lipinski definition) is 3. The zero-order chi connectivity index (χ0) is 12.7. The van der Waals surface area contributed by atoms with Gasteiger partial charge in [-0.1, -0.05) is 0 Å². The molecule has 1 N–H and O–H groups in total. The molecule has 0 amide bonds. The van der Waals surface area contributed by atoms with Crippen molar-refractivity contribution >= 4 is 0 Å². The molecule has 0 saturated heterocycles. The van der Waals surface area contributed by atoms with E-state index in [1.165, 1.54) is 12.0 Å². The third kappa shape index (κ3) is 4.84. The lowest BCUT2D eigenvalue weighted by Crippen LogP contribution is -2.17. The first kappa shape index (κ1) is 14.1. The number of nitrogens with one attached hydrogen (secondary N) is 1. The van der Waals surface area contributed by atoms with E-state index in [-0.39, 0.29) is 0 Å². The highest BCUT2D eigenvalue weighted by molar-refractivity contribution is 5.23. The van der Waals surface area contributed by atoms with Crippen LogP contribution in [-0.2, 0) is 4.74 Å². The van der Waals surface area contributed by atoms with Gasteiger partial charge in [0.1, 0.15) is 0 Å². The molecule has 1 rings (SSSR count). The molecule has 0 aliphatic heterocycles. The smallest absolute Gasteiger partial charge is 0.0462 e. The molecule has 0 spiro atoms. The fraction of sp³-hybridized carbons (Fsp3) is 0.643. The van der Waals surface area contributed by atoms with Crippen molar-refractivity contribution in [1.82, 2.24) is 10.3 Å². The Morgan fingerprint density at radius 3 is 2.41 bits per heavy atom. The van der Waals surface area contributed by atoms with Gasteiger partial charge in [-0.05, 0) is 57.9 Å². The fourth-order valence-corrected chi connectivity index (χ4v) is 2.14. The summed E-state index contributed by atoms with van der Waals surface area (Å²) in [6.45, 7) is 4.95. The van der Waals surface area contributed by atoms with Gasteiger partial charge in [-0.15, -0.1) is 0 Å². The van der Waals surface area contributed by atoms with Crippen LogP contribution in [0.4, 0.5) is 0 Å². The summed E-state index contributed by atoms with van der Waals surface area (Å²) in [5.41, 5.74) is 3.53. The summed E-state index contributed by atoms with van der Waals surface area (Å²) in [5.74, 6) is 0. The Kier molecular flexibility index (Phi) is 6.16. The predicted molar refractivity (Wildman–Crippen MR) is 71.2 cm³/mol. The molecule has 1 aromatic heterocycles. The van der Waals surface area contributed by atoms with Gasteiger partial charge in [0.05, 0.1) is 0 Å². The van der Waals surface area contributed by atoms with E-state index in [0.717, 1.165) is 30.8 Å². The van der Waals surface area contributed by atoms with Crippen LogP contribution in [0.5, 0.6) is 0 Å². The quantitative estimate of drug-likeness (QED) is 0.739. The molecule has 0 bridgehead atoms. The average molecular weight is 236 g/mol. The Morgan fingerprint density at radius 1 is 1.24 bits per heavy atom. The molecule has 0 saturated carbocycles. The van der Waals surface area contributed by atoms with E-state index in [1.54, 1.807) is 7.11 Å². The van der Waals surface area contributed by atoms with Crippen molar-refractivity contribution < 1.29 is 4.74 Å². The number of aryl methyl sites for hydroxylation is 2. The number of hydrogen-bond donors (Lipinski definition) is 1. The van der Waals surface area contributed by atoms with Crippen molar-refractivity contribution in [2.75, 3.05) is 20.8 Å². The number of pyridine rings is 1. The van der Waals surface area contributed by atoms with Crippen LogP contribution < -0.4 is 5.32 Å². The number of aromatic nitrogens is 1. The first-order valence-electron chi connectivity index (χ1n) is 6.28. The van der Waals surface area contributed by atoms with Gasteiger partial charge in [0.2, 0.25) is 0 Å². The highest BCUT2D eigenvalue weighted by Gasteiger charge is 2.09. The molecule has 0 radical (unpaired) electrons. The highest BCUT2D eigenvalue weighted by Crippen LogP contribution is 2.20. The minimum Gasteiger partial charge on any atom is -0.385 e. The second-order valence-corrected chi connectivity index (χ2v) is 4.51. The number of methoxy groups -OCH3 is 1. The molecule has 3 nitrogen and oxygen atoms in total. The molecule has 0 aliphatic rings. The molecule has 0 aromatic carbocycles. The monoisotopic (exact) mass is 236 g/mol. The van der Waals surface area contributed by atoms with Crippen molar-refractivity contribution in [3.05, 3.63) is 29.1 Å². The number of rotatable bonds is 7. The molecule has 96 valence electrons. The Balaban J connectivity index is 2.59. The van der Waals surface area contributed by atoms with Crippen LogP contribution in [-0.4, -0.2) is 25.7 Å². The second-order valence-electron chi connectivity index (χ2n) is 4.51. The van der Waals surface area contributed by atoms with Crippen LogP contribution in [0.25, 0.3) is 0 Å². The Morgan fingerprint density at radius 2 is 1.88 bits per heavy atom. The van der Waals surface area contributed by atoms with E-state index >= 15 is 0 Å². The second kappa shape index (κ2) is 7.41. The summed E-state index contributed by atoms with van der Waals surface area (Å²) < 4.78 is 5.07. The highest BCUT2D eigenvalue weighted by atomic mass is 16.5. The zero-order valence-corrected chi connectivity index (χ0v) is 11.4. The largest absolute Gasteiger partial charge is 0.385 e. The van der Waals surface area contributed by atoms with Crippen molar-refractivity contribution in [1.29, 1.82) is 0 Å². The van der Waals surface area contributed by atoms with E-state index < -0.39 is 0 Å². The summed E-state index contributed by atoms with van der Waals surface area (Å²) in [7, 11) is 3.78. The molecule has 1 atom stereocenters. The lowest BCUT2D eigenvalue weighted by atomic mass is 10.0. The minimum absolute atomic E-state index is 0.423. The third-order valence-corrected chi connectivity index (χ3v) is 2.95. The van der Waals surface area contributed by atoms with Gasteiger partial charge >= 0.3 is 0 Å². The van der Waals surface area contributed by atoms with Crippen LogP contribution in [0, 0.1) is 13.8 Å². The summed E-state index contributed by atoms with van der Waals surface area (Å²) in [6.07, 6.45) is 3.44. The molecule has 1 aromatic rings. The molecular weight excluding hydrogens is 212 g/mol. The normalized spacial score (nSPS) is 12.7. The molecule has 0 fully saturated rings. The van der Waals surface area contributed by atoms with Gasteiger partial charge in [0.15, 0.2) is 0 Å². The average Bonchev–Trinajstić information content (AvgIpc) is 2.28. The fourth-order valence-electron chi connectivity index (χ4n) is 2.14. The zero-order valence-electron chi connectivity index (χ0n) is 11.4. The maximum atomic E-state index is 5.07. The predicted octanol–water partition coefficient (Wildman–Crippen LogP) is 2.78. The minimum atomic E-state index is 0.423. The summed E-state index contributed by atoms with van der Waals surface area (Å²) >= 11 is 0. The van der Waals surface area contributed by atoms with Crippen LogP contribution in [0.2, 0.25) is 0 Å². The lowest BCUT2D eigenvalue weighted by Gasteiger charge is -2.17. The van der Waals surface area contributed by atoms with E-state index in [9.17, 15) is 0 Å². The third-order valence-electron chi connectivity index (χ3n) is 2.95. The van der Waals surface area contributed by atoms with Crippen molar-refractivity contribution in [3.8, 4) is 0 Å². The van der Waals surface area contributed by atoms with E-state index in [1.807, 2.05) is 20.9 Å². The number of unbranched alkanes of at least 4 members (excludes halogenated alkanes) is 1. The van der Waals surface area contributed by atoms with Crippen molar-refractivity contribution in [2.45, 2.75) is 39.2 Å². The topological polar surface area (TPSA) is 34.1 Å². The Bertz CT molecular complexity index is 319. The molecule has 0 aliphatic carbocycles. The summed E-state index contributed by atoms with van der Waals surface area (Å²) in [4.78, 5) is 4.41. The van der Waals surface area contributed by atoms with Crippen molar-refractivity contribution in [3.63, 3.8) is 0 Å². The van der Waals surface area contributed by atoms with E-state index in [4.69, 9.17) is 4.74 Å². The molecule has 1 unspecified atom stereocenters. The van der Waals surface area contributed by atoms with Crippen LogP contribution >= 0.6 is 0 Å². The van der Waals surface area contributed by atoms with Crippen LogP contribution in [0.3, 0.4) is 0 Å². The summed E-state index contributed by atoms with van der Waals surface area (Å²) in [6, 6.07) is 4.77. The number of nitrogens with zero attached hydrogens (tertiary/aromatic N) is 1. The van der Waals surface area contributed by atoms with E-state index in [0.29, 0.717) is 6.04 Å². The van der Waals surface area contributed by atoms with Gasteiger partial charge in [0, 0.05) is 31.1 Å².